The first-order valence-corrected chi connectivity index (χ1v) is 19.7. The quantitative estimate of drug-likeness (QED) is 0.176. The van der Waals surface area contributed by atoms with Gasteiger partial charge in [0.1, 0.15) is 5.58 Å². The predicted octanol–water partition coefficient (Wildman–Crippen LogP) is 13.8. The maximum atomic E-state index is 7.07. The van der Waals surface area contributed by atoms with Crippen molar-refractivity contribution in [2.75, 3.05) is 4.90 Å². The molecule has 1 aliphatic rings. The number of furan rings is 1. The molecule has 0 aliphatic carbocycles. The molecule has 0 radical (unpaired) electrons. The van der Waals surface area contributed by atoms with Gasteiger partial charge in [0.05, 0.1) is 33.7 Å². The number of aromatic nitrogens is 3. The molecule has 58 heavy (non-hydrogen) atoms. The number of para-hydroxylation sites is 5. The van der Waals surface area contributed by atoms with Gasteiger partial charge >= 0.3 is 0 Å². The summed E-state index contributed by atoms with van der Waals surface area (Å²) in [6.45, 7) is 0.693. The van der Waals surface area contributed by atoms with Crippen molar-refractivity contribution in [3.05, 3.63) is 200 Å². The van der Waals surface area contributed by atoms with Crippen LogP contribution in [0.5, 0.6) is 0 Å². The summed E-state index contributed by atoms with van der Waals surface area (Å²) in [5.41, 5.74) is 15.8. The molecule has 0 saturated heterocycles. The van der Waals surface area contributed by atoms with Crippen LogP contribution in [0.3, 0.4) is 0 Å². The average Bonchev–Trinajstić information content (AvgIpc) is 3.86. The molecule has 0 amide bonds. The molecule has 5 nitrogen and oxygen atoms in total. The number of benzene rings is 8. The Labute approximate surface area is 334 Å². The first kappa shape index (κ1) is 32.5. The van der Waals surface area contributed by atoms with E-state index in [1.54, 1.807) is 0 Å². The monoisotopic (exact) mass is 742 g/mol. The molecule has 272 valence electrons. The second-order valence-corrected chi connectivity index (χ2v) is 14.9. The van der Waals surface area contributed by atoms with Crippen LogP contribution in [-0.4, -0.2) is 14.5 Å². The van der Waals surface area contributed by atoms with Crippen molar-refractivity contribution < 1.29 is 4.42 Å². The zero-order valence-corrected chi connectivity index (χ0v) is 31.4. The second kappa shape index (κ2) is 12.9. The molecule has 11 aromatic rings. The zero-order valence-electron chi connectivity index (χ0n) is 31.4. The third-order valence-corrected chi connectivity index (χ3v) is 11.6. The molecular weight excluding hydrogens is 709 g/mol. The minimum atomic E-state index is 0.627. The maximum Gasteiger partial charge on any atom is 0.164 e. The second-order valence-electron chi connectivity index (χ2n) is 14.9. The van der Waals surface area contributed by atoms with E-state index in [9.17, 15) is 0 Å². The topological polar surface area (TPSA) is 47.1 Å². The standard InChI is InChI=1S/C53H34N4O/c1-4-16-34(17-5-1)43-32-44(35-18-6-2-7-19-35)55-53(54-43)42-26-14-24-38-39-25-15-29-48(52(39)58-51(38)42)56-33-36-30-31-47-50(49(36)40-22-10-12-27-45(40)56)41-23-11-13-28-46(41)57(47)37-20-8-3-9-21-37/h1-32H,33H2. The lowest BCUT2D eigenvalue weighted by atomic mass is 9.89. The molecule has 0 N–H and O–H groups in total. The summed E-state index contributed by atoms with van der Waals surface area (Å²) in [5, 5.41) is 4.62. The Balaban J connectivity index is 1.04. The summed E-state index contributed by atoms with van der Waals surface area (Å²) in [4.78, 5) is 12.8. The fourth-order valence-electron chi connectivity index (χ4n) is 9.06. The van der Waals surface area contributed by atoms with Crippen molar-refractivity contribution in [3.8, 4) is 50.7 Å². The Kier molecular flexibility index (Phi) is 7.23. The Bertz CT molecular complexity index is 3310. The fraction of sp³-hybridized carbons (Fsp3) is 0.0189. The molecule has 5 heteroatoms. The number of fused-ring (bicyclic) bond motifs is 10. The molecule has 0 bridgehead atoms. The third kappa shape index (κ3) is 4.97. The van der Waals surface area contributed by atoms with Gasteiger partial charge < -0.3 is 13.9 Å². The van der Waals surface area contributed by atoms with E-state index in [1.807, 2.05) is 36.4 Å². The lowest BCUT2D eigenvalue weighted by Gasteiger charge is -2.33. The van der Waals surface area contributed by atoms with Crippen LogP contribution in [0.25, 0.3) is 94.5 Å². The molecule has 3 aromatic heterocycles. The van der Waals surface area contributed by atoms with Crippen LogP contribution in [0.4, 0.5) is 11.4 Å². The first-order chi connectivity index (χ1) is 28.8. The van der Waals surface area contributed by atoms with E-state index in [4.69, 9.17) is 14.4 Å². The molecular formula is C53H34N4O. The largest absolute Gasteiger partial charge is 0.453 e. The highest BCUT2D eigenvalue weighted by atomic mass is 16.3. The number of hydrogen-bond acceptors (Lipinski definition) is 4. The highest BCUT2D eigenvalue weighted by Gasteiger charge is 2.29. The van der Waals surface area contributed by atoms with Crippen molar-refractivity contribution in [1.82, 2.24) is 14.5 Å². The molecule has 1 aliphatic heterocycles. The van der Waals surface area contributed by atoms with Gasteiger partial charge in [-0.05, 0) is 59.7 Å². The minimum absolute atomic E-state index is 0.627. The third-order valence-electron chi connectivity index (χ3n) is 11.6. The van der Waals surface area contributed by atoms with Crippen molar-refractivity contribution in [3.63, 3.8) is 0 Å². The molecule has 0 atom stereocenters. The number of rotatable bonds is 5. The van der Waals surface area contributed by atoms with Gasteiger partial charge in [0, 0.05) is 56.2 Å². The Hall–Kier alpha value is -7.76. The van der Waals surface area contributed by atoms with Gasteiger partial charge in [0.2, 0.25) is 0 Å². The van der Waals surface area contributed by atoms with Crippen LogP contribution in [0.15, 0.2) is 199 Å². The lowest BCUT2D eigenvalue weighted by Crippen LogP contribution is -2.21. The van der Waals surface area contributed by atoms with E-state index in [-0.39, 0.29) is 0 Å². The van der Waals surface area contributed by atoms with Crippen LogP contribution in [0.1, 0.15) is 5.56 Å². The van der Waals surface area contributed by atoms with Gasteiger partial charge in [0.15, 0.2) is 11.4 Å². The van der Waals surface area contributed by atoms with Gasteiger partial charge in [-0.25, -0.2) is 9.97 Å². The SMILES string of the molecule is c1ccc(-c2cc(-c3ccccc3)nc(-c3cccc4c3oc3c(N5Cc6ccc7c(c6-c6ccccc65)c5ccccc5n7-c5ccccc5)cccc34)n2)cc1. The van der Waals surface area contributed by atoms with Gasteiger partial charge in [-0.1, -0.05) is 146 Å². The van der Waals surface area contributed by atoms with Crippen molar-refractivity contribution in [2.45, 2.75) is 6.54 Å². The van der Waals surface area contributed by atoms with Crippen molar-refractivity contribution in [1.29, 1.82) is 0 Å². The highest BCUT2D eigenvalue weighted by Crippen LogP contribution is 2.50. The normalized spacial score (nSPS) is 12.4. The molecule has 0 unspecified atom stereocenters. The molecule has 8 aromatic carbocycles. The van der Waals surface area contributed by atoms with E-state index in [0.717, 1.165) is 67.1 Å². The highest BCUT2D eigenvalue weighted by molar-refractivity contribution is 6.19. The van der Waals surface area contributed by atoms with Crippen molar-refractivity contribution in [2.24, 2.45) is 0 Å². The van der Waals surface area contributed by atoms with E-state index in [0.29, 0.717) is 12.4 Å². The summed E-state index contributed by atoms with van der Waals surface area (Å²) in [6, 6.07) is 68.4. The predicted molar refractivity (Wildman–Crippen MR) is 238 cm³/mol. The maximum absolute atomic E-state index is 7.07. The van der Waals surface area contributed by atoms with E-state index in [1.165, 1.54) is 38.5 Å². The van der Waals surface area contributed by atoms with E-state index in [2.05, 4.69) is 167 Å². The fourth-order valence-corrected chi connectivity index (χ4v) is 9.06. The van der Waals surface area contributed by atoms with Gasteiger partial charge in [0.25, 0.3) is 0 Å². The van der Waals surface area contributed by atoms with E-state index >= 15 is 0 Å². The molecule has 4 heterocycles. The molecule has 0 spiro atoms. The van der Waals surface area contributed by atoms with E-state index < -0.39 is 0 Å². The van der Waals surface area contributed by atoms with Crippen LogP contribution in [0, 0.1) is 0 Å². The lowest BCUT2D eigenvalue weighted by molar-refractivity contribution is 0.668. The van der Waals surface area contributed by atoms with Crippen LogP contribution >= 0.6 is 0 Å². The van der Waals surface area contributed by atoms with Crippen molar-refractivity contribution >= 4 is 55.1 Å². The number of anilines is 2. The molecule has 0 fully saturated rings. The van der Waals surface area contributed by atoms with Gasteiger partial charge in [-0.15, -0.1) is 0 Å². The Morgan fingerprint density at radius 1 is 0.448 bits per heavy atom. The Morgan fingerprint density at radius 2 is 1.03 bits per heavy atom. The smallest absolute Gasteiger partial charge is 0.164 e. The average molecular weight is 743 g/mol. The minimum Gasteiger partial charge on any atom is -0.453 e. The summed E-state index contributed by atoms with van der Waals surface area (Å²) in [5.74, 6) is 0.627. The Morgan fingerprint density at radius 3 is 1.79 bits per heavy atom. The number of hydrogen-bond donors (Lipinski definition) is 0. The van der Waals surface area contributed by atoms with Crippen LogP contribution < -0.4 is 4.90 Å². The van der Waals surface area contributed by atoms with Gasteiger partial charge in [-0.3, -0.25) is 0 Å². The van der Waals surface area contributed by atoms with Gasteiger partial charge in [-0.2, -0.15) is 0 Å². The summed E-state index contributed by atoms with van der Waals surface area (Å²) in [7, 11) is 0. The first-order valence-electron chi connectivity index (χ1n) is 19.7. The summed E-state index contributed by atoms with van der Waals surface area (Å²) in [6.07, 6.45) is 0. The molecule has 0 saturated carbocycles. The summed E-state index contributed by atoms with van der Waals surface area (Å²) >= 11 is 0. The number of nitrogens with zero attached hydrogens (tertiary/aromatic N) is 4. The zero-order chi connectivity index (χ0) is 38.2. The van der Waals surface area contributed by atoms with Crippen LogP contribution in [-0.2, 0) is 6.54 Å². The van der Waals surface area contributed by atoms with Crippen LogP contribution in [0.2, 0.25) is 0 Å². The molecule has 12 rings (SSSR count). The summed E-state index contributed by atoms with van der Waals surface area (Å²) < 4.78 is 9.47.